The van der Waals surface area contributed by atoms with Crippen LogP contribution in [0, 0.1) is 6.92 Å². The van der Waals surface area contributed by atoms with Gasteiger partial charge in [-0.3, -0.25) is 0 Å². The Kier molecular flexibility index (Phi) is 6.39. The van der Waals surface area contributed by atoms with Crippen molar-refractivity contribution in [3.05, 3.63) is 71.8 Å². The summed E-state index contributed by atoms with van der Waals surface area (Å²) < 4.78 is 0. The Balaban J connectivity index is 1.80. The maximum Gasteiger partial charge on any atom is 0.225 e. The maximum atomic E-state index is 4.71. The van der Waals surface area contributed by atoms with Gasteiger partial charge in [-0.15, -0.1) is 0 Å². The number of hydrogen-bond acceptors (Lipinski definition) is 5. The SMILES string of the molecule is Cc1cccc(CNc2nc(NCCN(C)C)cc(-c3ccccc3)n2)c1. The molecule has 1 heterocycles. The quantitative estimate of drug-likeness (QED) is 0.634. The first-order valence-corrected chi connectivity index (χ1v) is 9.23. The van der Waals surface area contributed by atoms with Gasteiger partial charge in [0.1, 0.15) is 5.82 Å². The fourth-order valence-electron chi connectivity index (χ4n) is 2.78. The van der Waals surface area contributed by atoms with Crippen LogP contribution in [0.5, 0.6) is 0 Å². The molecular formula is C22H27N5. The van der Waals surface area contributed by atoms with Crippen LogP contribution in [0.25, 0.3) is 11.3 Å². The van der Waals surface area contributed by atoms with Crippen molar-refractivity contribution in [2.24, 2.45) is 0 Å². The third kappa shape index (κ3) is 5.79. The summed E-state index contributed by atoms with van der Waals surface area (Å²) in [5.74, 6) is 1.46. The van der Waals surface area contributed by atoms with Crippen LogP contribution in [0.1, 0.15) is 11.1 Å². The molecule has 0 aliphatic carbocycles. The van der Waals surface area contributed by atoms with Gasteiger partial charge < -0.3 is 15.5 Å². The first-order chi connectivity index (χ1) is 13.1. The average Bonchev–Trinajstić information content (AvgIpc) is 2.67. The molecule has 2 N–H and O–H groups in total. The summed E-state index contributed by atoms with van der Waals surface area (Å²) >= 11 is 0. The zero-order valence-electron chi connectivity index (χ0n) is 16.2. The van der Waals surface area contributed by atoms with E-state index < -0.39 is 0 Å². The Hall–Kier alpha value is -2.92. The molecule has 0 saturated carbocycles. The van der Waals surface area contributed by atoms with Crippen molar-refractivity contribution in [1.82, 2.24) is 14.9 Å². The summed E-state index contributed by atoms with van der Waals surface area (Å²) in [6, 6.07) is 20.6. The van der Waals surface area contributed by atoms with Gasteiger partial charge in [-0.05, 0) is 26.6 Å². The minimum absolute atomic E-state index is 0.630. The number of rotatable bonds is 8. The predicted octanol–water partition coefficient (Wildman–Crippen LogP) is 4.04. The van der Waals surface area contributed by atoms with E-state index in [0.717, 1.165) is 30.2 Å². The monoisotopic (exact) mass is 361 g/mol. The molecule has 3 aromatic rings. The molecule has 140 valence electrons. The molecule has 0 fully saturated rings. The number of aryl methyl sites for hydroxylation is 1. The van der Waals surface area contributed by atoms with Crippen molar-refractivity contribution in [2.45, 2.75) is 13.5 Å². The highest BCUT2D eigenvalue weighted by atomic mass is 15.2. The van der Waals surface area contributed by atoms with E-state index >= 15 is 0 Å². The highest BCUT2D eigenvalue weighted by molar-refractivity contribution is 5.64. The average molecular weight is 361 g/mol. The lowest BCUT2D eigenvalue weighted by atomic mass is 10.1. The number of nitrogens with zero attached hydrogens (tertiary/aromatic N) is 3. The van der Waals surface area contributed by atoms with E-state index in [1.807, 2.05) is 24.3 Å². The van der Waals surface area contributed by atoms with Crippen LogP contribution in [-0.2, 0) is 6.54 Å². The predicted molar refractivity (Wildman–Crippen MR) is 113 cm³/mol. The summed E-state index contributed by atoms with van der Waals surface area (Å²) in [5, 5.41) is 6.77. The smallest absolute Gasteiger partial charge is 0.225 e. The van der Waals surface area contributed by atoms with Crippen LogP contribution in [0.15, 0.2) is 60.7 Å². The van der Waals surface area contributed by atoms with Crippen LogP contribution >= 0.6 is 0 Å². The molecular weight excluding hydrogens is 334 g/mol. The summed E-state index contributed by atoms with van der Waals surface area (Å²) in [4.78, 5) is 11.5. The lowest BCUT2D eigenvalue weighted by Crippen LogP contribution is -2.21. The van der Waals surface area contributed by atoms with Gasteiger partial charge >= 0.3 is 0 Å². The molecule has 3 rings (SSSR count). The minimum Gasteiger partial charge on any atom is -0.369 e. The third-order valence-electron chi connectivity index (χ3n) is 4.19. The summed E-state index contributed by atoms with van der Waals surface area (Å²) in [6.07, 6.45) is 0. The van der Waals surface area contributed by atoms with Crippen molar-refractivity contribution in [3.63, 3.8) is 0 Å². The molecule has 27 heavy (non-hydrogen) atoms. The molecule has 5 nitrogen and oxygen atoms in total. The Labute approximate surface area is 161 Å². The third-order valence-corrected chi connectivity index (χ3v) is 4.19. The number of aromatic nitrogens is 2. The minimum atomic E-state index is 0.630. The molecule has 0 radical (unpaired) electrons. The maximum absolute atomic E-state index is 4.71. The zero-order valence-corrected chi connectivity index (χ0v) is 16.2. The molecule has 5 heteroatoms. The Morgan fingerprint density at radius 2 is 1.70 bits per heavy atom. The Morgan fingerprint density at radius 3 is 2.44 bits per heavy atom. The normalized spacial score (nSPS) is 10.8. The Bertz CT molecular complexity index is 862. The lowest BCUT2D eigenvalue weighted by molar-refractivity contribution is 0.425. The number of likely N-dealkylation sites (N-methyl/N-ethyl adjacent to an activating group) is 1. The van der Waals surface area contributed by atoms with Gasteiger partial charge in [0, 0.05) is 31.3 Å². The van der Waals surface area contributed by atoms with E-state index in [9.17, 15) is 0 Å². The van der Waals surface area contributed by atoms with E-state index in [1.165, 1.54) is 11.1 Å². The largest absolute Gasteiger partial charge is 0.369 e. The van der Waals surface area contributed by atoms with E-state index in [-0.39, 0.29) is 0 Å². The first-order valence-electron chi connectivity index (χ1n) is 9.23. The Morgan fingerprint density at radius 1 is 0.889 bits per heavy atom. The number of benzene rings is 2. The fraction of sp³-hybridized carbons (Fsp3) is 0.273. The van der Waals surface area contributed by atoms with Crippen molar-refractivity contribution in [1.29, 1.82) is 0 Å². The highest BCUT2D eigenvalue weighted by Gasteiger charge is 2.07. The lowest BCUT2D eigenvalue weighted by Gasteiger charge is -2.13. The summed E-state index contributed by atoms with van der Waals surface area (Å²) in [6.45, 7) is 4.56. The van der Waals surface area contributed by atoms with Crippen molar-refractivity contribution >= 4 is 11.8 Å². The standard InChI is InChI=1S/C22H27N5/c1-17-8-7-9-18(14-17)16-24-22-25-20(19-10-5-4-6-11-19)15-21(26-22)23-12-13-27(2)3/h4-11,14-15H,12-13,16H2,1-3H3,(H2,23,24,25,26). The fourth-order valence-corrected chi connectivity index (χ4v) is 2.78. The van der Waals surface area contributed by atoms with Gasteiger partial charge in [0.05, 0.1) is 5.69 Å². The van der Waals surface area contributed by atoms with Gasteiger partial charge in [0.15, 0.2) is 0 Å². The highest BCUT2D eigenvalue weighted by Crippen LogP contribution is 2.21. The second kappa shape index (κ2) is 9.14. The molecule has 1 aromatic heterocycles. The molecule has 0 bridgehead atoms. The second-order valence-electron chi connectivity index (χ2n) is 6.90. The molecule has 0 aliphatic rings. The number of hydrogen-bond donors (Lipinski definition) is 2. The molecule has 0 atom stereocenters. The van der Waals surface area contributed by atoms with Crippen LogP contribution < -0.4 is 10.6 Å². The molecule has 0 unspecified atom stereocenters. The molecule has 2 aromatic carbocycles. The van der Waals surface area contributed by atoms with Gasteiger partial charge in [0.2, 0.25) is 5.95 Å². The topological polar surface area (TPSA) is 53.1 Å². The van der Waals surface area contributed by atoms with Crippen molar-refractivity contribution in [3.8, 4) is 11.3 Å². The molecule has 0 aliphatic heterocycles. The van der Waals surface area contributed by atoms with Crippen molar-refractivity contribution in [2.75, 3.05) is 37.8 Å². The van der Waals surface area contributed by atoms with Gasteiger partial charge in [0.25, 0.3) is 0 Å². The first kappa shape index (κ1) is 18.9. The number of anilines is 2. The van der Waals surface area contributed by atoms with E-state index in [1.54, 1.807) is 0 Å². The molecule has 0 saturated heterocycles. The van der Waals surface area contributed by atoms with Crippen LogP contribution in [0.4, 0.5) is 11.8 Å². The van der Waals surface area contributed by atoms with Gasteiger partial charge in [-0.2, -0.15) is 4.98 Å². The van der Waals surface area contributed by atoms with Crippen molar-refractivity contribution < 1.29 is 0 Å². The zero-order chi connectivity index (χ0) is 19.1. The van der Waals surface area contributed by atoms with E-state index in [0.29, 0.717) is 12.5 Å². The van der Waals surface area contributed by atoms with Gasteiger partial charge in [-0.25, -0.2) is 4.98 Å². The molecule has 0 amide bonds. The molecule has 0 spiro atoms. The van der Waals surface area contributed by atoms with Crippen LogP contribution in [-0.4, -0.2) is 42.1 Å². The van der Waals surface area contributed by atoms with Crippen LogP contribution in [0.3, 0.4) is 0 Å². The number of nitrogens with one attached hydrogen (secondary N) is 2. The second-order valence-corrected chi connectivity index (χ2v) is 6.90. The van der Waals surface area contributed by atoms with E-state index in [4.69, 9.17) is 4.98 Å². The summed E-state index contributed by atoms with van der Waals surface area (Å²) in [7, 11) is 4.12. The summed E-state index contributed by atoms with van der Waals surface area (Å²) in [5.41, 5.74) is 4.45. The van der Waals surface area contributed by atoms with E-state index in [2.05, 4.69) is 77.9 Å². The van der Waals surface area contributed by atoms with Crippen LogP contribution in [0.2, 0.25) is 0 Å². The van der Waals surface area contributed by atoms with Gasteiger partial charge in [-0.1, -0.05) is 60.2 Å².